The van der Waals surface area contributed by atoms with Crippen molar-refractivity contribution in [1.82, 2.24) is 19.5 Å². The van der Waals surface area contributed by atoms with Crippen molar-refractivity contribution in [2.45, 2.75) is 49.8 Å². The van der Waals surface area contributed by atoms with Gasteiger partial charge in [0.25, 0.3) is 5.56 Å². The van der Waals surface area contributed by atoms with Gasteiger partial charge >= 0.3 is 5.97 Å². The first-order valence-corrected chi connectivity index (χ1v) is 16.1. The summed E-state index contributed by atoms with van der Waals surface area (Å²) in [5.41, 5.74) is 2.49. The number of hydrogen-bond acceptors (Lipinski definition) is 9. The smallest absolute Gasteiger partial charge is 0.338 e. The van der Waals surface area contributed by atoms with E-state index in [1.165, 1.54) is 11.7 Å². The number of rotatable bonds is 6. The van der Waals surface area contributed by atoms with Crippen LogP contribution in [0.15, 0.2) is 90.0 Å². The van der Waals surface area contributed by atoms with Gasteiger partial charge in [-0.3, -0.25) is 14.3 Å². The molecule has 0 saturated carbocycles. The summed E-state index contributed by atoms with van der Waals surface area (Å²) in [5, 5.41) is 30.2. The molecule has 0 bridgehead atoms. The highest BCUT2D eigenvalue weighted by Crippen LogP contribution is 2.44. The van der Waals surface area contributed by atoms with Gasteiger partial charge in [0, 0.05) is 6.42 Å². The Morgan fingerprint density at radius 3 is 2.60 bits per heavy atom. The van der Waals surface area contributed by atoms with Crippen molar-refractivity contribution in [3.8, 4) is 0 Å². The second kappa shape index (κ2) is 11.1. The third-order valence-corrected chi connectivity index (χ3v) is 9.84. The van der Waals surface area contributed by atoms with Crippen LogP contribution < -0.4 is 10.9 Å². The van der Waals surface area contributed by atoms with E-state index in [2.05, 4.69) is 63.8 Å². The zero-order valence-electron chi connectivity index (χ0n) is 25.7. The van der Waals surface area contributed by atoms with Crippen molar-refractivity contribution >= 4 is 55.4 Å². The van der Waals surface area contributed by atoms with Crippen LogP contribution in [-0.4, -0.2) is 60.6 Å². The molecule has 0 amide bonds. The van der Waals surface area contributed by atoms with Gasteiger partial charge in [0.1, 0.15) is 18.4 Å². The Hall–Kier alpha value is -5.36. The lowest BCUT2D eigenvalue weighted by atomic mass is 9.80. The minimum absolute atomic E-state index is 0.116. The van der Waals surface area contributed by atoms with Crippen LogP contribution in [0.1, 0.15) is 46.6 Å². The first-order chi connectivity index (χ1) is 23.5. The average molecular weight is 642 g/mol. The van der Waals surface area contributed by atoms with E-state index in [9.17, 15) is 19.8 Å². The molecule has 240 valence electrons. The molecule has 7 aromatic rings. The minimum atomic E-state index is -0.868. The van der Waals surface area contributed by atoms with Crippen molar-refractivity contribution in [1.29, 1.82) is 0 Å². The maximum atomic E-state index is 13.4. The van der Waals surface area contributed by atoms with Crippen LogP contribution in [0.3, 0.4) is 0 Å². The van der Waals surface area contributed by atoms with E-state index in [1.54, 1.807) is 28.8 Å². The Labute approximate surface area is 273 Å². The van der Waals surface area contributed by atoms with Crippen LogP contribution in [-0.2, 0) is 15.9 Å². The lowest BCUT2D eigenvalue weighted by molar-refractivity contribution is -0.0432. The van der Waals surface area contributed by atoms with Gasteiger partial charge in [0.05, 0.1) is 30.6 Å². The fraction of sp³-hybridized carbons (Fsp3) is 0.243. The van der Waals surface area contributed by atoms with E-state index in [1.807, 2.05) is 6.07 Å². The molecule has 0 spiro atoms. The summed E-state index contributed by atoms with van der Waals surface area (Å²) in [5.74, 6) is -0.255. The van der Waals surface area contributed by atoms with Gasteiger partial charge in [0.2, 0.25) is 5.95 Å². The molecule has 1 aliphatic carbocycles. The lowest BCUT2D eigenvalue weighted by Crippen LogP contribution is -2.36. The second-order valence-corrected chi connectivity index (χ2v) is 12.6. The summed E-state index contributed by atoms with van der Waals surface area (Å²) >= 11 is 0. The number of aromatic nitrogens is 4. The zero-order chi connectivity index (χ0) is 32.5. The summed E-state index contributed by atoms with van der Waals surface area (Å²) in [4.78, 5) is 38.7. The third-order valence-electron chi connectivity index (χ3n) is 9.84. The number of esters is 1. The van der Waals surface area contributed by atoms with Gasteiger partial charge in [0.15, 0.2) is 11.2 Å². The number of H-pyrrole nitrogens is 1. The standard InChI is InChI=1S/C37H31N5O6/c43-17-27-25(44)16-28(47-27)42-18-38-33-34(42)40-37(41-35(33)45)39-32-26(48-36(46)21-5-2-1-3-6-21)14-12-23-15-22-10-9-19-7-4-8-20-11-13-24(31(23)32)30(22)29(19)20/h1-11,13,15,18,25-28,32,43-44H,12,14,16-17H2,(H2,39,40,41,45)/t25-,26-,27+,28+,32+/m0/s1. The molecule has 5 aromatic carbocycles. The maximum absolute atomic E-state index is 13.4. The molecule has 5 atom stereocenters. The Morgan fingerprint density at radius 2 is 1.81 bits per heavy atom. The molecule has 1 saturated heterocycles. The summed E-state index contributed by atoms with van der Waals surface area (Å²) in [6.07, 6.45) is 0.0422. The predicted molar refractivity (Wildman–Crippen MR) is 180 cm³/mol. The van der Waals surface area contributed by atoms with Crippen LogP contribution >= 0.6 is 0 Å². The Bertz CT molecular complexity index is 2390. The molecule has 11 heteroatoms. The van der Waals surface area contributed by atoms with Crippen molar-refractivity contribution in [2.24, 2.45) is 0 Å². The van der Waals surface area contributed by atoms with E-state index < -0.39 is 42.1 Å². The first-order valence-electron chi connectivity index (χ1n) is 16.1. The number of fused-ring (bicyclic) bond motifs is 3. The highest BCUT2D eigenvalue weighted by Gasteiger charge is 2.37. The summed E-state index contributed by atoms with van der Waals surface area (Å²) in [7, 11) is 0. The number of nitrogens with one attached hydrogen (secondary N) is 2. The number of imidazole rings is 1. The summed E-state index contributed by atoms with van der Waals surface area (Å²) in [6.45, 7) is -0.336. The van der Waals surface area contributed by atoms with E-state index >= 15 is 0 Å². The van der Waals surface area contributed by atoms with Crippen LogP contribution in [0.25, 0.3) is 43.5 Å². The van der Waals surface area contributed by atoms with Crippen LogP contribution in [0.2, 0.25) is 0 Å². The highest BCUT2D eigenvalue weighted by atomic mass is 16.5. The number of aromatic amines is 1. The highest BCUT2D eigenvalue weighted by molar-refractivity contribution is 6.24. The molecular formula is C37H31N5O6. The van der Waals surface area contributed by atoms with Gasteiger partial charge in [-0.15, -0.1) is 0 Å². The number of ether oxygens (including phenoxy) is 2. The first kappa shape index (κ1) is 28.8. The van der Waals surface area contributed by atoms with Gasteiger partial charge in [-0.05, 0) is 68.4 Å². The number of aryl methyl sites for hydroxylation is 1. The molecule has 0 radical (unpaired) electrons. The fourth-order valence-electron chi connectivity index (χ4n) is 7.59. The molecule has 2 aromatic heterocycles. The SMILES string of the molecule is O=C(O[C@H]1CCc2cc3ccc4cccc5ccc(c2[C@@H]1Nc1nc2c(ncn2[C@H]2C[C@H](O)[C@@H](CO)O2)c(=O)[nH]1)c3c45)c1ccccc1. The topological polar surface area (TPSA) is 152 Å². The number of aliphatic hydroxyl groups excluding tert-OH is 2. The second-order valence-electron chi connectivity index (χ2n) is 12.6. The molecule has 4 N–H and O–H groups in total. The molecule has 1 aliphatic heterocycles. The largest absolute Gasteiger partial charge is 0.456 e. The summed E-state index contributed by atoms with van der Waals surface area (Å²) in [6, 6.07) is 25.4. The number of nitrogens with zero attached hydrogens (tertiary/aromatic N) is 3. The normalized spacial score (nSPS) is 22.5. The van der Waals surface area contributed by atoms with Crippen LogP contribution in [0.5, 0.6) is 0 Å². The molecule has 2 aliphatic rings. The number of hydrogen-bond donors (Lipinski definition) is 4. The molecule has 3 heterocycles. The monoisotopic (exact) mass is 641 g/mol. The molecule has 11 nitrogen and oxygen atoms in total. The number of carbonyl (C=O) groups excluding carboxylic acids is 1. The van der Waals surface area contributed by atoms with Gasteiger partial charge in [-0.25, -0.2) is 9.78 Å². The Kier molecular flexibility index (Phi) is 6.68. The van der Waals surface area contributed by atoms with Gasteiger partial charge < -0.3 is 25.0 Å². The minimum Gasteiger partial charge on any atom is -0.456 e. The van der Waals surface area contributed by atoms with Crippen molar-refractivity contribution in [3.63, 3.8) is 0 Å². The van der Waals surface area contributed by atoms with Crippen molar-refractivity contribution < 1.29 is 24.5 Å². The van der Waals surface area contributed by atoms with E-state index in [0.717, 1.165) is 38.1 Å². The van der Waals surface area contributed by atoms with E-state index in [4.69, 9.17) is 14.5 Å². The average Bonchev–Trinajstić information content (AvgIpc) is 3.71. The zero-order valence-corrected chi connectivity index (χ0v) is 25.7. The quantitative estimate of drug-likeness (QED) is 0.146. The Morgan fingerprint density at radius 1 is 1.02 bits per heavy atom. The summed E-state index contributed by atoms with van der Waals surface area (Å²) < 4.78 is 13.7. The maximum Gasteiger partial charge on any atom is 0.338 e. The third kappa shape index (κ3) is 4.54. The van der Waals surface area contributed by atoms with E-state index in [-0.39, 0.29) is 30.1 Å². The molecular weight excluding hydrogens is 610 g/mol. The fourth-order valence-corrected chi connectivity index (χ4v) is 7.59. The van der Waals surface area contributed by atoms with Crippen molar-refractivity contribution in [2.75, 3.05) is 11.9 Å². The van der Waals surface area contributed by atoms with Gasteiger partial charge in [-0.1, -0.05) is 66.7 Å². The van der Waals surface area contributed by atoms with E-state index in [0.29, 0.717) is 18.4 Å². The number of aliphatic hydroxyl groups is 2. The van der Waals surface area contributed by atoms with Gasteiger partial charge in [-0.2, -0.15) is 4.98 Å². The molecule has 9 rings (SSSR count). The lowest BCUT2D eigenvalue weighted by Gasteiger charge is -2.35. The Balaban J connectivity index is 1.19. The molecule has 48 heavy (non-hydrogen) atoms. The van der Waals surface area contributed by atoms with Crippen LogP contribution in [0.4, 0.5) is 5.95 Å². The molecule has 0 unspecified atom stereocenters. The number of carbonyl (C=O) groups is 1. The number of anilines is 1. The number of benzene rings is 5. The van der Waals surface area contributed by atoms with Crippen LogP contribution in [0, 0.1) is 0 Å². The van der Waals surface area contributed by atoms with Crippen molar-refractivity contribution in [3.05, 3.63) is 112 Å². The molecule has 1 fully saturated rings. The predicted octanol–water partition coefficient (Wildman–Crippen LogP) is 4.98.